The van der Waals surface area contributed by atoms with Crippen LogP contribution in [0.15, 0.2) is 36.4 Å². The van der Waals surface area contributed by atoms with E-state index in [4.69, 9.17) is 5.73 Å². The van der Waals surface area contributed by atoms with Crippen molar-refractivity contribution in [3.8, 4) is 5.75 Å². The topological polar surface area (TPSA) is 63.3 Å². The van der Waals surface area contributed by atoms with Crippen LogP contribution in [-0.2, 0) is 12.8 Å². The summed E-state index contributed by atoms with van der Waals surface area (Å²) in [4.78, 5) is 12.5. The second kappa shape index (κ2) is 5.78. The van der Waals surface area contributed by atoms with Gasteiger partial charge in [0, 0.05) is 5.56 Å². The first kappa shape index (κ1) is 14.1. The highest BCUT2D eigenvalue weighted by Crippen LogP contribution is 2.29. The smallest absolute Gasteiger partial charge is 0.196 e. The van der Waals surface area contributed by atoms with E-state index < -0.39 is 0 Å². The molecule has 0 unspecified atom stereocenters. The Kier molecular flexibility index (Phi) is 4.08. The van der Waals surface area contributed by atoms with Gasteiger partial charge in [-0.05, 0) is 36.1 Å². The number of ketones is 1. The van der Waals surface area contributed by atoms with E-state index in [0.29, 0.717) is 5.56 Å². The van der Waals surface area contributed by atoms with Crippen molar-refractivity contribution in [2.75, 3.05) is 5.73 Å². The number of phenolic OH excluding ortho intramolecular Hbond substituents is 1. The number of rotatable bonds is 4. The maximum absolute atomic E-state index is 12.5. The van der Waals surface area contributed by atoms with Crippen LogP contribution in [0.5, 0.6) is 5.75 Å². The number of aryl methyl sites for hydroxylation is 2. The van der Waals surface area contributed by atoms with Crippen molar-refractivity contribution in [1.29, 1.82) is 0 Å². The summed E-state index contributed by atoms with van der Waals surface area (Å²) >= 11 is 0. The van der Waals surface area contributed by atoms with Crippen molar-refractivity contribution < 1.29 is 9.90 Å². The van der Waals surface area contributed by atoms with Crippen LogP contribution in [0, 0.1) is 0 Å². The Morgan fingerprint density at radius 1 is 1.05 bits per heavy atom. The van der Waals surface area contributed by atoms with Crippen molar-refractivity contribution in [2.45, 2.75) is 26.7 Å². The van der Waals surface area contributed by atoms with Gasteiger partial charge in [-0.3, -0.25) is 4.79 Å². The Labute approximate surface area is 119 Å². The Balaban J connectivity index is 2.44. The molecule has 0 radical (unpaired) electrons. The molecule has 3 heteroatoms. The average molecular weight is 269 g/mol. The molecule has 0 saturated carbocycles. The number of carbonyl (C=O) groups is 1. The highest BCUT2D eigenvalue weighted by atomic mass is 16.3. The second-order valence-electron chi connectivity index (χ2n) is 4.81. The van der Waals surface area contributed by atoms with E-state index in [9.17, 15) is 9.90 Å². The van der Waals surface area contributed by atoms with Gasteiger partial charge in [0.05, 0.1) is 11.3 Å². The first-order chi connectivity index (χ1) is 9.56. The van der Waals surface area contributed by atoms with Crippen LogP contribution < -0.4 is 5.73 Å². The van der Waals surface area contributed by atoms with Crippen LogP contribution >= 0.6 is 0 Å². The number of benzene rings is 2. The van der Waals surface area contributed by atoms with Gasteiger partial charge in [0.25, 0.3) is 0 Å². The maximum Gasteiger partial charge on any atom is 0.196 e. The minimum Gasteiger partial charge on any atom is -0.505 e. The summed E-state index contributed by atoms with van der Waals surface area (Å²) in [6.45, 7) is 4.05. The summed E-state index contributed by atoms with van der Waals surface area (Å²) in [5, 5.41) is 10.0. The third-order valence-electron chi connectivity index (χ3n) is 3.48. The molecule has 0 atom stereocenters. The summed E-state index contributed by atoms with van der Waals surface area (Å²) in [6, 6.07) is 10.8. The molecule has 2 aromatic rings. The average Bonchev–Trinajstić information content (AvgIpc) is 2.49. The molecular formula is C17H19NO2. The molecule has 2 rings (SSSR count). The quantitative estimate of drug-likeness (QED) is 0.508. The molecule has 0 aliphatic heterocycles. The Bertz CT molecular complexity index is 630. The number of aromatic hydroxyl groups is 1. The van der Waals surface area contributed by atoms with Crippen molar-refractivity contribution >= 4 is 11.5 Å². The zero-order valence-corrected chi connectivity index (χ0v) is 11.8. The van der Waals surface area contributed by atoms with Gasteiger partial charge in [0.2, 0.25) is 0 Å². The molecule has 0 bridgehead atoms. The highest BCUT2D eigenvalue weighted by molar-refractivity contribution is 6.11. The molecule has 0 heterocycles. The first-order valence-electron chi connectivity index (χ1n) is 6.81. The van der Waals surface area contributed by atoms with Crippen LogP contribution in [0.2, 0.25) is 0 Å². The lowest BCUT2D eigenvalue weighted by Gasteiger charge is -2.09. The first-order valence-corrected chi connectivity index (χ1v) is 6.81. The molecular weight excluding hydrogens is 250 g/mol. The standard InChI is InChI=1S/C17H19NO2/c1-3-11-5-7-13(8-6-11)16(19)14-9-12(4-2)10-15(18)17(14)20/h5-10,20H,3-4,18H2,1-2H3. The molecule has 0 saturated heterocycles. The van der Waals surface area contributed by atoms with Gasteiger partial charge in [-0.2, -0.15) is 0 Å². The minimum atomic E-state index is -0.202. The fourth-order valence-corrected chi connectivity index (χ4v) is 2.14. The van der Waals surface area contributed by atoms with Crippen LogP contribution in [0.4, 0.5) is 5.69 Å². The van der Waals surface area contributed by atoms with Crippen molar-refractivity contribution in [3.05, 3.63) is 58.7 Å². The third-order valence-corrected chi connectivity index (χ3v) is 3.48. The van der Waals surface area contributed by atoms with Gasteiger partial charge < -0.3 is 10.8 Å². The molecule has 20 heavy (non-hydrogen) atoms. The Hall–Kier alpha value is -2.29. The normalized spacial score (nSPS) is 10.5. The van der Waals surface area contributed by atoms with Gasteiger partial charge in [-0.25, -0.2) is 0 Å². The van der Waals surface area contributed by atoms with Gasteiger partial charge in [0.15, 0.2) is 5.78 Å². The van der Waals surface area contributed by atoms with Crippen molar-refractivity contribution in [3.63, 3.8) is 0 Å². The summed E-state index contributed by atoms with van der Waals surface area (Å²) in [5.41, 5.74) is 8.95. The lowest BCUT2D eigenvalue weighted by Crippen LogP contribution is -2.04. The number of carbonyl (C=O) groups excluding carboxylic acids is 1. The number of phenols is 1. The van der Waals surface area contributed by atoms with Crippen LogP contribution in [0.25, 0.3) is 0 Å². The molecule has 0 aliphatic rings. The van der Waals surface area contributed by atoms with Gasteiger partial charge in [-0.15, -0.1) is 0 Å². The highest BCUT2D eigenvalue weighted by Gasteiger charge is 2.16. The molecule has 0 aromatic heterocycles. The number of anilines is 1. The van der Waals surface area contributed by atoms with Gasteiger partial charge >= 0.3 is 0 Å². The Morgan fingerprint density at radius 3 is 2.20 bits per heavy atom. The predicted octanol–water partition coefficient (Wildman–Crippen LogP) is 3.33. The number of hydrogen-bond donors (Lipinski definition) is 2. The van der Waals surface area contributed by atoms with Crippen molar-refractivity contribution in [2.24, 2.45) is 0 Å². The van der Waals surface area contributed by atoms with E-state index in [1.54, 1.807) is 24.3 Å². The fraction of sp³-hybridized carbons (Fsp3) is 0.235. The summed E-state index contributed by atoms with van der Waals surface area (Å²) < 4.78 is 0. The van der Waals surface area contributed by atoms with Gasteiger partial charge in [0.1, 0.15) is 5.75 Å². The van der Waals surface area contributed by atoms with Gasteiger partial charge in [-0.1, -0.05) is 38.1 Å². The number of nitrogens with two attached hydrogens (primary N) is 1. The van der Waals surface area contributed by atoms with Crippen LogP contribution in [0.1, 0.15) is 40.9 Å². The van der Waals surface area contributed by atoms with Crippen LogP contribution in [0.3, 0.4) is 0 Å². The molecule has 3 nitrogen and oxygen atoms in total. The molecule has 0 aliphatic carbocycles. The Morgan fingerprint density at radius 2 is 1.65 bits per heavy atom. The predicted molar refractivity (Wildman–Crippen MR) is 81.1 cm³/mol. The summed E-state index contributed by atoms with van der Waals surface area (Å²) in [5.74, 6) is -0.334. The summed E-state index contributed by atoms with van der Waals surface area (Å²) in [6.07, 6.45) is 1.69. The SMILES string of the molecule is CCc1ccc(C(=O)c2cc(CC)cc(N)c2O)cc1. The largest absolute Gasteiger partial charge is 0.505 e. The fourth-order valence-electron chi connectivity index (χ4n) is 2.14. The van der Waals surface area contributed by atoms with Crippen LogP contribution in [-0.4, -0.2) is 10.9 Å². The molecule has 2 aromatic carbocycles. The second-order valence-corrected chi connectivity index (χ2v) is 4.81. The zero-order valence-electron chi connectivity index (χ0n) is 11.8. The van der Waals surface area contributed by atoms with E-state index in [1.807, 2.05) is 19.1 Å². The minimum absolute atomic E-state index is 0.133. The molecule has 0 spiro atoms. The molecule has 104 valence electrons. The van der Waals surface area contributed by atoms with E-state index >= 15 is 0 Å². The summed E-state index contributed by atoms with van der Waals surface area (Å²) in [7, 11) is 0. The van der Waals surface area contributed by atoms with E-state index in [2.05, 4.69) is 6.92 Å². The zero-order chi connectivity index (χ0) is 14.7. The molecule has 0 amide bonds. The number of nitrogen functional groups attached to an aromatic ring is 1. The molecule has 0 fully saturated rings. The van der Waals surface area contributed by atoms with Crippen molar-refractivity contribution in [1.82, 2.24) is 0 Å². The number of hydrogen-bond acceptors (Lipinski definition) is 3. The maximum atomic E-state index is 12.5. The monoisotopic (exact) mass is 269 g/mol. The molecule has 3 N–H and O–H groups in total. The lowest BCUT2D eigenvalue weighted by molar-refractivity contribution is 0.103. The third kappa shape index (κ3) is 2.67. The van der Waals surface area contributed by atoms with E-state index in [0.717, 1.165) is 18.4 Å². The van der Waals surface area contributed by atoms with E-state index in [1.165, 1.54) is 5.56 Å². The lowest BCUT2D eigenvalue weighted by atomic mass is 9.97. The van der Waals surface area contributed by atoms with E-state index in [-0.39, 0.29) is 22.8 Å².